The maximum absolute atomic E-state index is 11.2. The Balaban J connectivity index is 0.926. The summed E-state index contributed by atoms with van der Waals surface area (Å²) in [4.78, 5) is 10.8. The summed E-state index contributed by atoms with van der Waals surface area (Å²) in [5.41, 5.74) is 25.1. The van der Waals surface area contributed by atoms with Crippen LogP contribution in [0.4, 0.5) is 5.69 Å². The molecule has 0 unspecified atom stereocenters. The van der Waals surface area contributed by atoms with Crippen LogP contribution in [0.5, 0.6) is 5.75 Å². The number of hydrogen-bond acceptors (Lipinski definition) is 3. The van der Waals surface area contributed by atoms with E-state index >= 15 is 0 Å². The van der Waals surface area contributed by atoms with E-state index in [1.54, 1.807) is 31.4 Å². The Labute approximate surface area is 508 Å². The van der Waals surface area contributed by atoms with Crippen molar-refractivity contribution in [3.63, 3.8) is 0 Å². The normalized spacial score (nSPS) is 12.0. The van der Waals surface area contributed by atoms with Gasteiger partial charge in [0, 0.05) is 12.1 Å². The molecule has 0 bridgehead atoms. The molecule has 4 heteroatoms. The highest BCUT2D eigenvalue weighted by Gasteiger charge is 2.11. The van der Waals surface area contributed by atoms with Crippen LogP contribution in [-0.2, 0) is 38.5 Å². The highest BCUT2D eigenvalue weighted by Crippen LogP contribution is 2.29. The average molecular weight is 1120 g/mol. The third-order valence-corrected chi connectivity index (χ3v) is 15.5. The van der Waals surface area contributed by atoms with Gasteiger partial charge in [-0.25, -0.2) is 0 Å². The molecule has 8 aromatic carbocycles. The molecular weight excluding hydrogens is 1030 g/mol. The van der Waals surface area contributed by atoms with E-state index in [1.165, 1.54) is 100 Å². The number of nitrogens with zero attached hydrogens (tertiary/aromatic N) is 1. The fourth-order valence-corrected chi connectivity index (χ4v) is 10.9. The summed E-state index contributed by atoms with van der Waals surface area (Å²) in [6, 6.07) is 55.8. The van der Waals surface area contributed by atoms with E-state index in [9.17, 15) is 10.1 Å². The van der Waals surface area contributed by atoms with Gasteiger partial charge in [0.1, 0.15) is 5.75 Å². The van der Waals surface area contributed by atoms with E-state index in [2.05, 4.69) is 248 Å². The Hall–Kier alpha value is -8.86. The van der Waals surface area contributed by atoms with E-state index in [-0.39, 0.29) is 10.6 Å². The highest BCUT2D eigenvalue weighted by molar-refractivity contribution is 5.81. The van der Waals surface area contributed by atoms with E-state index in [4.69, 9.17) is 4.74 Å². The van der Waals surface area contributed by atoms with Crippen LogP contribution in [0.3, 0.4) is 0 Å². The Morgan fingerprint density at radius 3 is 0.647 bits per heavy atom. The molecule has 0 heterocycles. The van der Waals surface area contributed by atoms with Crippen LogP contribution in [0.1, 0.15) is 191 Å². The summed E-state index contributed by atoms with van der Waals surface area (Å²) in [5, 5.41) is 11.2. The van der Waals surface area contributed by atoms with Gasteiger partial charge in [-0.3, -0.25) is 10.1 Å². The molecule has 0 aliphatic heterocycles. The quantitative estimate of drug-likeness (QED) is 0.0279. The van der Waals surface area contributed by atoms with Crippen molar-refractivity contribution in [3.05, 3.63) is 279 Å². The number of aryl methyl sites for hydroxylation is 6. The number of methoxy groups -OCH3 is 1. The zero-order chi connectivity index (χ0) is 59.8. The van der Waals surface area contributed by atoms with Crippen molar-refractivity contribution in [1.82, 2.24) is 0 Å². The van der Waals surface area contributed by atoms with Gasteiger partial charge in [0.15, 0.2) is 0 Å². The molecule has 0 radical (unpaired) electrons. The van der Waals surface area contributed by atoms with E-state index in [0.717, 1.165) is 93.9 Å². The summed E-state index contributed by atoms with van der Waals surface area (Å²) in [5.74, 6) is 0.865. The van der Waals surface area contributed by atoms with E-state index < -0.39 is 0 Å². The van der Waals surface area contributed by atoms with Crippen LogP contribution in [0, 0.1) is 10.1 Å². The van der Waals surface area contributed by atoms with Crippen LogP contribution in [0.2, 0.25) is 0 Å². The van der Waals surface area contributed by atoms with Crippen molar-refractivity contribution < 1.29 is 9.66 Å². The summed E-state index contributed by atoms with van der Waals surface area (Å²) in [6.07, 6.45) is 43.8. The predicted molar refractivity (Wildman–Crippen MR) is 371 cm³/mol. The number of rotatable bonds is 28. The van der Waals surface area contributed by atoms with Crippen molar-refractivity contribution in [3.8, 4) is 5.75 Å². The molecule has 0 aromatic heterocycles. The van der Waals surface area contributed by atoms with Gasteiger partial charge in [-0.1, -0.05) is 286 Å². The van der Waals surface area contributed by atoms with Crippen molar-refractivity contribution in [2.75, 3.05) is 7.11 Å². The number of benzene rings is 8. The maximum Gasteiger partial charge on any atom is 0.269 e. The summed E-state index contributed by atoms with van der Waals surface area (Å²) >= 11 is 0. The molecule has 8 aromatic rings. The third-order valence-electron chi connectivity index (χ3n) is 15.5. The van der Waals surface area contributed by atoms with Crippen LogP contribution in [0.15, 0.2) is 158 Å². The topological polar surface area (TPSA) is 52.4 Å². The monoisotopic (exact) mass is 1120 g/mol. The van der Waals surface area contributed by atoms with Gasteiger partial charge < -0.3 is 4.74 Å². The fourth-order valence-electron chi connectivity index (χ4n) is 10.9. The zero-order valence-corrected chi connectivity index (χ0v) is 51.3. The molecule has 432 valence electrons. The molecule has 0 aliphatic rings. The number of nitro benzene ring substituents is 1. The summed E-state index contributed by atoms with van der Waals surface area (Å²) < 4.78 is 5.30. The molecule has 0 saturated heterocycles. The molecule has 0 spiro atoms. The SMILES string of the molecule is CCCc1cc(/C=C/c2ccc(/C=C/c3cc(CCC)c(/C=C/c4ccc(/C=C/c5cc(CCC)c(/C=C/c6ccc([N+](=O)[O-])cc6)cc5CCC)cc4)cc3CCC)cc2)c(CCC)cc1/C=C/c1ccc(/C=C/c2ccc(OC)cc2)cc1. The number of ether oxygens (including phenoxy) is 1. The van der Waals surface area contributed by atoms with Gasteiger partial charge in [-0.05, 0) is 174 Å². The first-order valence-electron chi connectivity index (χ1n) is 31.0. The van der Waals surface area contributed by atoms with Crippen LogP contribution in [-0.4, -0.2) is 12.0 Å². The first-order chi connectivity index (χ1) is 41.6. The van der Waals surface area contributed by atoms with Crippen molar-refractivity contribution in [2.45, 2.75) is 119 Å². The lowest BCUT2D eigenvalue weighted by Crippen LogP contribution is -1.97. The van der Waals surface area contributed by atoms with Gasteiger partial charge in [-0.15, -0.1) is 0 Å². The van der Waals surface area contributed by atoms with Gasteiger partial charge in [-0.2, -0.15) is 0 Å². The third kappa shape index (κ3) is 18.3. The van der Waals surface area contributed by atoms with Gasteiger partial charge >= 0.3 is 0 Å². The standard InChI is InChI=1S/C81H85NO3/c1-8-14-68-55-75(69(15-9-2)54-74(68)44-34-61-23-20-60(21-24-61)22-33-66-42-52-81(85-7)53-43-66)45-35-62-25-27-63(28-26-62)36-46-76-56-71(17-11-4)77(57-70(76)16-10-3)47-37-64-29-31-65(32-30-64)38-48-78-58-73(19-13-6)79(59-72(78)18-12-5)49-39-67-40-50-80(51-41-67)82(83)84/h20-59H,8-19H2,1-7H3/b33-22+,44-34+,45-35+,46-36+,47-37+,48-38+,49-39+. The minimum atomic E-state index is -0.358. The lowest BCUT2D eigenvalue weighted by Gasteiger charge is -2.13. The first-order valence-corrected chi connectivity index (χ1v) is 31.0. The van der Waals surface area contributed by atoms with E-state index in [1.807, 2.05) is 12.1 Å². The lowest BCUT2D eigenvalue weighted by molar-refractivity contribution is -0.384. The molecular formula is C81H85NO3. The van der Waals surface area contributed by atoms with Crippen molar-refractivity contribution >= 4 is 90.8 Å². The fraction of sp³-hybridized carbons (Fsp3) is 0.235. The predicted octanol–water partition coefficient (Wildman–Crippen LogP) is 22.5. The number of hydrogen-bond donors (Lipinski definition) is 0. The molecule has 0 N–H and O–H groups in total. The Morgan fingerprint density at radius 2 is 0.471 bits per heavy atom. The second-order valence-corrected chi connectivity index (χ2v) is 22.2. The lowest BCUT2D eigenvalue weighted by atomic mass is 9.92. The van der Waals surface area contributed by atoms with Crippen molar-refractivity contribution in [1.29, 1.82) is 0 Å². The minimum absolute atomic E-state index is 0.104. The molecule has 0 saturated carbocycles. The van der Waals surface area contributed by atoms with Crippen LogP contribution >= 0.6 is 0 Å². The van der Waals surface area contributed by atoms with Crippen LogP contribution in [0.25, 0.3) is 85.1 Å². The molecule has 0 fully saturated rings. The zero-order valence-electron chi connectivity index (χ0n) is 51.3. The maximum atomic E-state index is 11.2. The first kappa shape index (κ1) is 62.2. The summed E-state index contributed by atoms with van der Waals surface area (Å²) in [7, 11) is 1.69. The Bertz CT molecular complexity index is 3680. The average Bonchev–Trinajstić information content (AvgIpc) is 3.49. The number of non-ortho nitro benzene ring substituents is 1. The molecule has 0 aliphatic carbocycles. The molecule has 0 atom stereocenters. The van der Waals surface area contributed by atoms with E-state index in [0.29, 0.717) is 0 Å². The Morgan fingerprint density at radius 1 is 0.294 bits per heavy atom. The second kappa shape index (κ2) is 32.3. The Kier molecular flexibility index (Phi) is 23.6. The highest BCUT2D eigenvalue weighted by atomic mass is 16.6. The van der Waals surface area contributed by atoms with Gasteiger partial charge in [0.05, 0.1) is 12.0 Å². The minimum Gasteiger partial charge on any atom is -0.497 e. The molecule has 0 amide bonds. The summed E-state index contributed by atoms with van der Waals surface area (Å²) in [6.45, 7) is 13.5. The largest absolute Gasteiger partial charge is 0.497 e. The van der Waals surface area contributed by atoms with Crippen LogP contribution < -0.4 is 4.74 Å². The molecule has 8 rings (SSSR count). The smallest absolute Gasteiger partial charge is 0.269 e. The molecule has 4 nitrogen and oxygen atoms in total. The van der Waals surface area contributed by atoms with Gasteiger partial charge in [0.2, 0.25) is 0 Å². The van der Waals surface area contributed by atoms with Crippen molar-refractivity contribution in [2.24, 2.45) is 0 Å². The molecule has 85 heavy (non-hydrogen) atoms. The second-order valence-electron chi connectivity index (χ2n) is 22.2. The number of nitro groups is 1. The van der Waals surface area contributed by atoms with Gasteiger partial charge in [0.25, 0.3) is 5.69 Å².